The van der Waals surface area contributed by atoms with Crippen LogP contribution < -0.4 is 4.74 Å². The standard InChI is InChI=1S/C32H36N2O3/c1-6-16-34-17-15-32-28-23-10-11-25(35)29(28)37-30(32)24(13-14-31(32,4)26(34)19-23)33(5)27(36)12-9-22-8-7-20(2)21(3)18-22/h6-8,10-11,18,24,26,30,35H,1,13-17,19H2,2-5H3/t24-,26-,30+,31+,32+/m1/s1. The Balaban J connectivity index is 1.38. The van der Waals surface area contributed by atoms with Crippen LogP contribution in [0, 0.1) is 31.1 Å². The highest BCUT2D eigenvalue weighted by atomic mass is 16.5. The molecule has 5 nitrogen and oxygen atoms in total. The molecule has 2 bridgehead atoms. The fourth-order valence-corrected chi connectivity index (χ4v) is 8.02. The van der Waals surface area contributed by atoms with Crippen molar-refractivity contribution in [2.45, 2.75) is 70.1 Å². The van der Waals surface area contributed by atoms with E-state index in [1.807, 2.05) is 31.3 Å². The lowest BCUT2D eigenvalue weighted by Crippen LogP contribution is -2.73. The van der Waals surface area contributed by atoms with E-state index >= 15 is 0 Å². The second-order valence-electron chi connectivity index (χ2n) is 11.7. The second kappa shape index (κ2) is 8.39. The monoisotopic (exact) mass is 496 g/mol. The maximum absolute atomic E-state index is 13.4. The van der Waals surface area contributed by atoms with E-state index in [-0.39, 0.29) is 34.6 Å². The highest BCUT2D eigenvalue weighted by Gasteiger charge is 2.71. The lowest BCUT2D eigenvalue weighted by molar-refractivity contribution is -0.148. The number of aromatic hydroxyl groups is 1. The van der Waals surface area contributed by atoms with Crippen molar-refractivity contribution in [3.8, 4) is 23.3 Å². The third kappa shape index (κ3) is 3.25. The molecule has 0 radical (unpaired) electrons. The third-order valence-corrected chi connectivity index (χ3v) is 10.1. The van der Waals surface area contributed by atoms with E-state index < -0.39 is 0 Å². The summed E-state index contributed by atoms with van der Waals surface area (Å²) in [6.07, 6.45) is 5.53. The summed E-state index contributed by atoms with van der Waals surface area (Å²) < 4.78 is 6.71. The smallest absolute Gasteiger partial charge is 0.298 e. The zero-order valence-corrected chi connectivity index (χ0v) is 22.3. The largest absolute Gasteiger partial charge is 0.504 e. The molecular weight excluding hydrogens is 460 g/mol. The Kier molecular flexibility index (Phi) is 5.47. The van der Waals surface area contributed by atoms with E-state index in [1.165, 1.54) is 22.3 Å². The quantitative estimate of drug-likeness (QED) is 0.502. The molecule has 2 heterocycles. The summed E-state index contributed by atoms with van der Waals surface area (Å²) in [5.74, 6) is 6.62. The Morgan fingerprint density at radius 2 is 2.08 bits per heavy atom. The van der Waals surface area contributed by atoms with Gasteiger partial charge < -0.3 is 14.7 Å². The molecule has 0 unspecified atom stereocenters. The molecule has 1 saturated heterocycles. The van der Waals surface area contributed by atoms with Crippen LogP contribution in [-0.2, 0) is 16.6 Å². The van der Waals surface area contributed by atoms with Gasteiger partial charge in [-0.15, -0.1) is 6.58 Å². The first-order chi connectivity index (χ1) is 17.7. The van der Waals surface area contributed by atoms with Crippen LogP contribution in [0.4, 0.5) is 0 Å². The van der Waals surface area contributed by atoms with E-state index in [0.717, 1.165) is 44.3 Å². The summed E-state index contributed by atoms with van der Waals surface area (Å²) >= 11 is 0. The number of benzene rings is 2. The molecule has 2 aromatic rings. The maximum atomic E-state index is 13.4. The van der Waals surface area contributed by atoms with Gasteiger partial charge in [0.25, 0.3) is 5.91 Å². The van der Waals surface area contributed by atoms with Crippen LogP contribution in [0.2, 0.25) is 0 Å². The van der Waals surface area contributed by atoms with Crippen LogP contribution in [0.15, 0.2) is 43.0 Å². The van der Waals surface area contributed by atoms with Gasteiger partial charge in [-0.05, 0) is 86.4 Å². The molecule has 2 fully saturated rings. The van der Waals surface area contributed by atoms with Gasteiger partial charge in [-0.1, -0.05) is 31.1 Å². The molecule has 192 valence electrons. The van der Waals surface area contributed by atoms with Gasteiger partial charge in [-0.2, -0.15) is 0 Å². The number of carbonyl (C=O) groups excluding carboxylic acids is 1. The molecule has 5 heteroatoms. The van der Waals surface area contributed by atoms with Crippen molar-refractivity contribution in [1.82, 2.24) is 9.80 Å². The van der Waals surface area contributed by atoms with Crippen molar-refractivity contribution < 1.29 is 14.6 Å². The predicted molar refractivity (Wildman–Crippen MR) is 145 cm³/mol. The predicted octanol–water partition coefficient (Wildman–Crippen LogP) is 4.50. The number of likely N-dealkylation sites (N-methyl/N-ethyl adjacent to an activating group) is 1. The molecule has 37 heavy (non-hydrogen) atoms. The normalized spacial score (nSPS) is 31.0. The van der Waals surface area contributed by atoms with Gasteiger partial charge in [-0.3, -0.25) is 9.69 Å². The van der Waals surface area contributed by atoms with Gasteiger partial charge >= 0.3 is 0 Å². The van der Waals surface area contributed by atoms with E-state index in [4.69, 9.17) is 4.74 Å². The molecule has 5 atom stereocenters. The minimum absolute atomic E-state index is 0.0174. The van der Waals surface area contributed by atoms with Gasteiger partial charge in [0.2, 0.25) is 0 Å². The fraction of sp³-hybridized carbons (Fsp3) is 0.469. The van der Waals surface area contributed by atoms with E-state index in [9.17, 15) is 9.90 Å². The number of hydrogen-bond acceptors (Lipinski definition) is 4. The molecule has 4 aliphatic rings. The minimum Gasteiger partial charge on any atom is -0.504 e. The molecule has 6 rings (SSSR count). The Morgan fingerprint density at radius 3 is 2.84 bits per heavy atom. The summed E-state index contributed by atoms with van der Waals surface area (Å²) in [4.78, 5) is 17.8. The number of aryl methyl sites for hydroxylation is 2. The fourth-order valence-electron chi connectivity index (χ4n) is 8.02. The average Bonchev–Trinajstić information content (AvgIpc) is 3.23. The average molecular weight is 497 g/mol. The first-order valence-electron chi connectivity index (χ1n) is 13.4. The van der Waals surface area contributed by atoms with Crippen molar-refractivity contribution in [3.63, 3.8) is 0 Å². The lowest BCUT2D eigenvalue weighted by atomic mass is 9.43. The minimum atomic E-state index is -0.240. The Morgan fingerprint density at radius 1 is 1.27 bits per heavy atom. The lowest BCUT2D eigenvalue weighted by Gasteiger charge is -2.66. The van der Waals surface area contributed by atoms with Gasteiger partial charge in [0.15, 0.2) is 11.5 Å². The van der Waals surface area contributed by atoms with Crippen LogP contribution in [0.25, 0.3) is 0 Å². The zero-order valence-electron chi connectivity index (χ0n) is 22.3. The SMILES string of the molecule is C=CCN1CC[C@]23c4c5ccc(O)c4O[C@H]2[C@H](N(C)C(=O)C#Cc2ccc(C)c(C)c2)CC[C@@]3(C)[C@H]1C5. The summed E-state index contributed by atoms with van der Waals surface area (Å²) in [5, 5.41) is 10.9. The maximum Gasteiger partial charge on any atom is 0.298 e. The number of rotatable bonds is 3. The first kappa shape index (κ1) is 24.1. The van der Waals surface area contributed by atoms with Gasteiger partial charge in [0.1, 0.15) is 6.10 Å². The van der Waals surface area contributed by atoms with E-state index in [1.54, 1.807) is 11.0 Å². The molecular formula is C32H36N2O3. The van der Waals surface area contributed by atoms with Gasteiger partial charge in [0, 0.05) is 42.1 Å². The van der Waals surface area contributed by atoms with Gasteiger partial charge in [0.05, 0.1) is 6.04 Å². The molecule has 1 spiro atoms. The molecule has 0 aromatic heterocycles. The number of phenolic OH excluding ortho intramolecular Hbond substituents is 1. The molecule has 2 aliphatic carbocycles. The summed E-state index contributed by atoms with van der Waals surface area (Å²) in [7, 11) is 1.86. The Bertz CT molecular complexity index is 1370. The third-order valence-electron chi connectivity index (χ3n) is 10.1. The zero-order chi connectivity index (χ0) is 26.1. The molecule has 2 aromatic carbocycles. The summed E-state index contributed by atoms with van der Waals surface area (Å²) in [6.45, 7) is 12.4. The van der Waals surface area contributed by atoms with Gasteiger partial charge in [-0.25, -0.2) is 0 Å². The van der Waals surface area contributed by atoms with Crippen LogP contribution in [-0.4, -0.2) is 59.1 Å². The topological polar surface area (TPSA) is 53.0 Å². The molecule has 1 saturated carbocycles. The number of phenols is 1. The highest BCUT2D eigenvalue weighted by molar-refractivity contribution is 5.94. The first-order valence-corrected chi connectivity index (χ1v) is 13.4. The van der Waals surface area contributed by atoms with E-state index in [2.05, 4.69) is 50.2 Å². The van der Waals surface area contributed by atoms with Crippen molar-refractivity contribution in [2.24, 2.45) is 5.41 Å². The summed E-state index contributed by atoms with van der Waals surface area (Å²) in [6, 6.07) is 10.2. The number of likely N-dealkylation sites (tertiary alicyclic amines) is 1. The van der Waals surface area contributed by atoms with Crippen LogP contribution >= 0.6 is 0 Å². The number of hydrogen-bond donors (Lipinski definition) is 1. The molecule has 2 aliphatic heterocycles. The van der Waals surface area contributed by atoms with Crippen molar-refractivity contribution >= 4 is 5.91 Å². The van der Waals surface area contributed by atoms with Crippen LogP contribution in [0.3, 0.4) is 0 Å². The summed E-state index contributed by atoms with van der Waals surface area (Å²) in [5.41, 5.74) is 5.44. The number of nitrogens with zero attached hydrogens (tertiary/aromatic N) is 2. The second-order valence-corrected chi connectivity index (χ2v) is 11.7. The Hall–Kier alpha value is -3.23. The van der Waals surface area contributed by atoms with Crippen molar-refractivity contribution in [3.05, 3.63) is 70.8 Å². The van der Waals surface area contributed by atoms with E-state index in [0.29, 0.717) is 11.8 Å². The van der Waals surface area contributed by atoms with Crippen LogP contribution in [0.5, 0.6) is 11.5 Å². The van der Waals surface area contributed by atoms with Crippen molar-refractivity contribution in [1.29, 1.82) is 0 Å². The number of carbonyl (C=O) groups is 1. The number of amides is 1. The number of piperidine rings is 1. The highest BCUT2D eigenvalue weighted by Crippen LogP contribution is 2.69. The number of ether oxygens (including phenoxy) is 1. The molecule has 1 amide bonds. The van der Waals surface area contributed by atoms with Crippen LogP contribution in [0.1, 0.15) is 54.0 Å². The van der Waals surface area contributed by atoms with Crippen molar-refractivity contribution in [2.75, 3.05) is 20.1 Å². The Labute approximate surface area is 220 Å². The molecule has 1 N–H and O–H groups in total.